The van der Waals surface area contributed by atoms with Gasteiger partial charge in [0, 0.05) is 23.2 Å². The van der Waals surface area contributed by atoms with Crippen LogP contribution in [0.5, 0.6) is 0 Å². The normalized spacial score (nSPS) is 20.2. The molecule has 28 heavy (non-hydrogen) atoms. The molecule has 4 aromatic heterocycles. The maximum Gasteiger partial charge on any atom is 0.259 e. The molecular weight excluding hydrogens is 372 g/mol. The first-order valence-corrected chi connectivity index (χ1v) is 10.4. The Kier molecular flexibility index (Phi) is 4.06. The lowest BCUT2D eigenvalue weighted by atomic mass is 9.86. The monoisotopic (exact) mass is 394 g/mol. The van der Waals surface area contributed by atoms with Crippen molar-refractivity contribution in [3.05, 3.63) is 51.0 Å². The molecule has 0 atom stereocenters. The summed E-state index contributed by atoms with van der Waals surface area (Å²) < 4.78 is 3.42. The van der Waals surface area contributed by atoms with Gasteiger partial charge in [-0.15, -0.1) is 11.3 Å². The van der Waals surface area contributed by atoms with Gasteiger partial charge in [-0.1, -0.05) is 0 Å². The molecule has 0 bridgehead atoms. The summed E-state index contributed by atoms with van der Waals surface area (Å²) in [6.45, 7) is 3.94. The molecular formula is C20H22N6OS. The number of hydrogen-bond acceptors (Lipinski definition) is 6. The van der Waals surface area contributed by atoms with Gasteiger partial charge in [-0.3, -0.25) is 9.20 Å². The lowest BCUT2D eigenvalue weighted by molar-refractivity contribution is 0.398. The largest absolute Gasteiger partial charge is 0.328 e. The van der Waals surface area contributed by atoms with Crippen LogP contribution in [0.15, 0.2) is 29.3 Å². The number of nitrogens with zero attached hydrogens (tertiary/aromatic N) is 5. The molecule has 8 heteroatoms. The van der Waals surface area contributed by atoms with Crippen molar-refractivity contribution in [1.29, 1.82) is 0 Å². The molecule has 144 valence electrons. The maximum absolute atomic E-state index is 12.7. The third-order valence-corrected chi connectivity index (χ3v) is 6.70. The molecule has 7 nitrogen and oxygen atoms in total. The number of thiazole rings is 1. The van der Waals surface area contributed by atoms with Gasteiger partial charge in [0.25, 0.3) is 5.56 Å². The van der Waals surface area contributed by atoms with E-state index in [0.717, 1.165) is 42.6 Å². The predicted octanol–water partition coefficient (Wildman–Crippen LogP) is 3.07. The molecule has 0 unspecified atom stereocenters. The van der Waals surface area contributed by atoms with Crippen LogP contribution in [-0.4, -0.2) is 30.0 Å². The van der Waals surface area contributed by atoms with E-state index in [4.69, 9.17) is 10.7 Å². The molecule has 0 spiro atoms. The first-order chi connectivity index (χ1) is 13.5. The van der Waals surface area contributed by atoms with Gasteiger partial charge in [-0.25, -0.2) is 14.5 Å². The molecule has 0 aliphatic heterocycles. The van der Waals surface area contributed by atoms with Gasteiger partial charge in [0.15, 0.2) is 10.6 Å². The summed E-state index contributed by atoms with van der Waals surface area (Å²) in [6, 6.07) is 3.82. The van der Waals surface area contributed by atoms with E-state index in [1.54, 1.807) is 26.3 Å². The van der Waals surface area contributed by atoms with Gasteiger partial charge < -0.3 is 5.73 Å². The van der Waals surface area contributed by atoms with Crippen molar-refractivity contribution in [2.45, 2.75) is 51.5 Å². The minimum atomic E-state index is -0.0728. The SMILES string of the molecule is Cc1cn2nc(-c3cc(=O)n4cc(C5CCC(N)CC5)sc4n3)cc(C)c2n1. The van der Waals surface area contributed by atoms with Crippen LogP contribution >= 0.6 is 11.3 Å². The Morgan fingerprint density at radius 2 is 1.86 bits per heavy atom. The number of aromatic nitrogens is 5. The zero-order valence-electron chi connectivity index (χ0n) is 15.9. The standard InChI is InChI=1S/C20H22N6OS/c1-11-7-16(24-26-9-12(2)22-19(11)26)15-8-18(27)25-10-17(28-20(25)23-15)13-3-5-14(21)6-4-13/h7-10,13-14H,3-6,21H2,1-2H3. The zero-order valence-corrected chi connectivity index (χ0v) is 16.7. The molecule has 0 radical (unpaired) electrons. The van der Waals surface area contributed by atoms with E-state index in [0.29, 0.717) is 28.3 Å². The first-order valence-electron chi connectivity index (χ1n) is 9.60. The van der Waals surface area contributed by atoms with Gasteiger partial charge in [-0.2, -0.15) is 5.10 Å². The summed E-state index contributed by atoms with van der Waals surface area (Å²) in [5.74, 6) is 0.472. The number of nitrogens with two attached hydrogens (primary N) is 1. The molecule has 0 aromatic carbocycles. The highest BCUT2D eigenvalue weighted by Crippen LogP contribution is 2.35. The fourth-order valence-electron chi connectivity index (χ4n) is 4.01. The van der Waals surface area contributed by atoms with E-state index in [1.807, 2.05) is 32.3 Å². The van der Waals surface area contributed by atoms with Gasteiger partial charge in [0.05, 0.1) is 17.6 Å². The average Bonchev–Trinajstić information content (AvgIpc) is 3.26. The topological polar surface area (TPSA) is 90.6 Å². The lowest BCUT2D eigenvalue weighted by Gasteiger charge is -2.24. The van der Waals surface area contributed by atoms with E-state index in [2.05, 4.69) is 10.1 Å². The molecule has 4 aromatic rings. The Morgan fingerprint density at radius 3 is 2.64 bits per heavy atom. The second-order valence-electron chi connectivity index (χ2n) is 7.74. The Labute approximate surface area is 165 Å². The molecule has 1 fully saturated rings. The summed E-state index contributed by atoms with van der Waals surface area (Å²) in [7, 11) is 0. The summed E-state index contributed by atoms with van der Waals surface area (Å²) >= 11 is 1.60. The minimum Gasteiger partial charge on any atom is -0.328 e. The molecule has 1 saturated carbocycles. The van der Waals surface area contributed by atoms with Crippen LogP contribution in [0, 0.1) is 13.8 Å². The van der Waals surface area contributed by atoms with Gasteiger partial charge in [-0.05, 0) is 57.1 Å². The lowest BCUT2D eigenvalue weighted by Crippen LogP contribution is -2.25. The number of imidazole rings is 1. The minimum absolute atomic E-state index is 0.0728. The number of aryl methyl sites for hydroxylation is 2. The summed E-state index contributed by atoms with van der Waals surface area (Å²) in [5.41, 5.74) is 9.98. The van der Waals surface area contributed by atoms with Crippen molar-refractivity contribution >= 4 is 21.9 Å². The van der Waals surface area contributed by atoms with Crippen molar-refractivity contribution in [1.82, 2.24) is 24.0 Å². The highest BCUT2D eigenvalue weighted by atomic mass is 32.1. The molecule has 1 aliphatic carbocycles. The van der Waals surface area contributed by atoms with Crippen LogP contribution < -0.4 is 11.3 Å². The van der Waals surface area contributed by atoms with Crippen molar-refractivity contribution < 1.29 is 0 Å². The number of fused-ring (bicyclic) bond motifs is 2. The van der Waals surface area contributed by atoms with Crippen LogP contribution in [0.1, 0.15) is 47.7 Å². The van der Waals surface area contributed by atoms with Crippen LogP contribution in [0.2, 0.25) is 0 Å². The van der Waals surface area contributed by atoms with E-state index in [-0.39, 0.29) is 5.56 Å². The molecule has 2 N–H and O–H groups in total. The Hall–Kier alpha value is -2.58. The number of hydrogen-bond donors (Lipinski definition) is 1. The Balaban J connectivity index is 1.58. The van der Waals surface area contributed by atoms with Crippen LogP contribution in [0.4, 0.5) is 0 Å². The zero-order chi connectivity index (χ0) is 19.4. The summed E-state index contributed by atoms with van der Waals surface area (Å²) in [6.07, 6.45) is 8.08. The molecule has 1 aliphatic rings. The highest BCUT2D eigenvalue weighted by Gasteiger charge is 2.22. The van der Waals surface area contributed by atoms with E-state index >= 15 is 0 Å². The van der Waals surface area contributed by atoms with Gasteiger partial charge >= 0.3 is 0 Å². The average molecular weight is 395 g/mol. The predicted molar refractivity (Wildman–Crippen MR) is 110 cm³/mol. The Bertz CT molecular complexity index is 1250. The number of rotatable bonds is 2. The maximum atomic E-state index is 12.7. The second kappa shape index (κ2) is 6.49. The third kappa shape index (κ3) is 2.93. The quantitative estimate of drug-likeness (QED) is 0.564. The molecule has 0 amide bonds. The summed E-state index contributed by atoms with van der Waals surface area (Å²) in [4.78, 5) is 23.9. The van der Waals surface area contributed by atoms with E-state index in [1.165, 1.54) is 4.88 Å². The second-order valence-corrected chi connectivity index (χ2v) is 8.78. The fraction of sp³-hybridized carbons (Fsp3) is 0.400. The van der Waals surface area contributed by atoms with Crippen LogP contribution in [0.3, 0.4) is 0 Å². The Morgan fingerprint density at radius 1 is 1.07 bits per heavy atom. The van der Waals surface area contributed by atoms with Crippen molar-refractivity contribution in [3.63, 3.8) is 0 Å². The molecule has 0 saturated heterocycles. The van der Waals surface area contributed by atoms with Gasteiger partial charge in [0.2, 0.25) is 0 Å². The molecule has 4 heterocycles. The van der Waals surface area contributed by atoms with Crippen LogP contribution in [-0.2, 0) is 0 Å². The van der Waals surface area contributed by atoms with Crippen molar-refractivity contribution in [2.75, 3.05) is 0 Å². The van der Waals surface area contributed by atoms with Crippen molar-refractivity contribution in [2.24, 2.45) is 5.73 Å². The van der Waals surface area contributed by atoms with Gasteiger partial charge in [0.1, 0.15) is 5.69 Å². The van der Waals surface area contributed by atoms with E-state index < -0.39 is 0 Å². The third-order valence-electron chi connectivity index (χ3n) is 5.55. The molecule has 5 rings (SSSR count). The first kappa shape index (κ1) is 17.5. The summed E-state index contributed by atoms with van der Waals surface area (Å²) in [5, 5.41) is 4.61. The van der Waals surface area contributed by atoms with Crippen LogP contribution in [0.25, 0.3) is 22.0 Å². The van der Waals surface area contributed by atoms with Crippen molar-refractivity contribution in [3.8, 4) is 11.4 Å². The van der Waals surface area contributed by atoms with E-state index in [9.17, 15) is 4.79 Å². The highest BCUT2D eigenvalue weighted by molar-refractivity contribution is 7.17. The fourth-order valence-corrected chi connectivity index (χ4v) is 5.17. The smallest absolute Gasteiger partial charge is 0.259 e.